The summed E-state index contributed by atoms with van der Waals surface area (Å²) in [6.45, 7) is 4.97. The summed E-state index contributed by atoms with van der Waals surface area (Å²) in [6, 6.07) is 0. The van der Waals surface area contributed by atoms with Crippen molar-refractivity contribution in [2.75, 3.05) is 6.54 Å². The fourth-order valence-electron chi connectivity index (χ4n) is 1.40. The predicted molar refractivity (Wildman–Crippen MR) is 64.6 cm³/mol. The quantitative estimate of drug-likeness (QED) is 0.867. The van der Waals surface area contributed by atoms with E-state index >= 15 is 0 Å². The van der Waals surface area contributed by atoms with E-state index < -0.39 is 0 Å². The molecule has 0 bridgehead atoms. The van der Waals surface area contributed by atoms with E-state index in [2.05, 4.69) is 22.3 Å². The second kappa shape index (κ2) is 7.04. The van der Waals surface area contributed by atoms with Crippen LogP contribution in [0.15, 0.2) is 6.33 Å². The van der Waals surface area contributed by atoms with Gasteiger partial charge in [0.25, 0.3) is 0 Å². The van der Waals surface area contributed by atoms with E-state index in [9.17, 15) is 0 Å². The predicted octanol–water partition coefficient (Wildman–Crippen LogP) is 1.64. The molecule has 88 valence electrons. The number of nitrogens with zero attached hydrogens (tertiary/aromatic N) is 3. The molecule has 0 aromatic carbocycles. The van der Waals surface area contributed by atoms with Gasteiger partial charge in [-0.1, -0.05) is 0 Å². The van der Waals surface area contributed by atoms with E-state index in [1.807, 2.05) is 4.68 Å². The SMILES string of the molecule is CCn1ncnc1CNCC1CC1.Cl.Cl. The maximum absolute atomic E-state index is 4.19. The van der Waals surface area contributed by atoms with Gasteiger partial charge in [0, 0.05) is 6.54 Å². The molecule has 0 radical (unpaired) electrons. The van der Waals surface area contributed by atoms with Crippen molar-refractivity contribution in [2.24, 2.45) is 5.92 Å². The molecular formula is C9H18Cl2N4. The van der Waals surface area contributed by atoms with Gasteiger partial charge >= 0.3 is 0 Å². The monoisotopic (exact) mass is 252 g/mol. The van der Waals surface area contributed by atoms with Crippen LogP contribution in [0.5, 0.6) is 0 Å². The standard InChI is InChI=1S/C9H16N4.2ClH/c1-2-13-9(11-7-12-13)6-10-5-8-3-4-8;;/h7-8,10H,2-6H2,1H3;2*1H. The summed E-state index contributed by atoms with van der Waals surface area (Å²) in [5.41, 5.74) is 0. The van der Waals surface area contributed by atoms with Crippen LogP contribution in [0.2, 0.25) is 0 Å². The summed E-state index contributed by atoms with van der Waals surface area (Å²) < 4.78 is 1.93. The Labute approximate surface area is 103 Å². The van der Waals surface area contributed by atoms with E-state index in [1.54, 1.807) is 6.33 Å². The first-order chi connectivity index (χ1) is 6.40. The molecule has 0 spiro atoms. The topological polar surface area (TPSA) is 42.7 Å². The molecule has 0 atom stereocenters. The fourth-order valence-corrected chi connectivity index (χ4v) is 1.40. The minimum Gasteiger partial charge on any atom is -0.310 e. The minimum absolute atomic E-state index is 0. The molecule has 0 saturated heterocycles. The molecule has 1 heterocycles. The zero-order chi connectivity index (χ0) is 9.10. The van der Waals surface area contributed by atoms with Crippen LogP contribution >= 0.6 is 24.8 Å². The normalized spacial score (nSPS) is 14.2. The van der Waals surface area contributed by atoms with Crippen LogP contribution in [0.1, 0.15) is 25.6 Å². The van der Waals surface area contributed by atoms with Crippen LogP contribution in [-0.4, -0.2) is 21.3 Å². The second-order valence-electron chi connectivity index (χ2n) is 3.57. The number of halogens is 2. The summed E-state index contributed by atoms with van der Waals surface area (Å²) in [5.74, 6) is 1.97. The van der Waals surface area contributed by atoms with Gasteiger partial charge in [0.05, 0.1) is 6.54 Å². The van der Waals surface area contributed by atoms with Crippen LogP contribution in [0.4, 0.5) is 0 Å². The zero-order valence-electron chi connectivity index (χ0n) is 8.85. The van der Waals surface area contributed by atoms with Crippen molar-refractivity contribution < 1.29 is 0 Å². The van der Waals surface area contributed by atoms with Gasteiger partial charge in [0.15, 0.2) is 0 Å². The fraction of sp³-hybridized carbons (Fsp3) is 0.778. The number of nitrogens with one attached hydrogen (secondary N) is 1. The van der Waals surface area contributed by atoms with E-state index in [4.69, 9.17) is 0 Å². The molecule has 15 heavy (non-hydrogen) atoms. The number of hydrogen-bond acceptors (Lipinski definition) is 3. The van der Waals surface area contributed by atoms with Gasteiger partial charge in [0.2, 0.25) is 0 Å². The van der Waals surface area contributed by atoms with Gasteiger partial charge in [-0.05, 0) is 32.2 Å². The summed E-state index contributed by atoms with van der Waals surface area (Å²) in [7, 11) is 0. The lowest BCUT2D eigenvalue weighted by atomic mass is 10.4. The first-order valence-corrected chi connectivity index (χ1v) is 4.97. The van der Waals surface area contributed by atoms with Crippen LogP contribution in [0.25, 0.3) is 0 Å². The van der Waals surface area contributed by atoms with Gasteiger partial charge in [-0.2, -0.15) is 5.10 Å². The highest BCUT2D eigenvalue weighted by Crippen LogP contribution is 2.27. The van der Waals surface area contributed by atoms with Crippen molar-refractivity contribution in [1.82, 2.24) is 20.1 Å². The van der Waals surface area contributed by atoms with E-state index in [-0.39, 0.29) is 24.8 Å². The van der Waals surface area contributed by atoms with E-state index in [1.165, 1.54) is 12.8 Å². The maximum atomic E-state index is 4.19. The molecule has 1 fully saturated rings. The van der Waals surface area contributed by atoms with Crippen molar-refractivity contribution in [3.8, 4) is 0 Å². The smallest absolute Gasteiger partial charge is 0.140 e. The Balaban J connectivity index is 0.000000980. The van der Waals surface area contributed by atoms with Crippen LogP contribution < -0.4 is 5.32 Å². The third-order valence-electron chi connectivity index (χ3n) is 2.41. The lowest BCUT2D eigenvalue weighted by Gasteiger charge is -2.03. The van der Waals surface area contributed by atoms with Gasteiger partial charge in [-0.15, -0.1) is 24.8 Å². The number of rotatable bonds is 5. The van der Waals surface area contributed by atoms with E-state index in [0.29, 0.717) is 0 Å². The average Bonchev–Trinajstić information content (AvgIpc) is 2.84. The van der Waals surface area contributed by atoms with Gasteiger partial charge in [-0.25, -0.2) is 9.67 Å². The molecule has 1 aromatic rings. The third-order valence-corrected chi connectivity index (χ3v) is 2.41. The summed E-state index contributed by atoms with van der Waals surface area (Å²) in [4.78, 5) is 4.19. The van der Waals surface area contributed by atoms with E-state index in [0.717, 1.165) is 31.4 Å². The molecule has 1 aliphatic rings. The van der Waals surface area contributed by atoms with Crippen LogP contribution in [0, 0.1) is 5.92 Å². The number of aryl methyl sites for hydroxylation is 1. The Kier molecular flexibility index (Phi) is 6.89. The van der Waals surface area contributed by atoms with Crippen molar-refractivity contribution in [2.45, 2.75) is 32.9 Å². The van der Waals surface area contributed by atoms with Gasteiger partial charge in [-0.3, -0.25) is 0 Å². The maximum Gasteiger partial charge on any atom is 0.140 e. The third kappa shape index (κ3) is 4.36. The molecule has 0 unspecified atom stereocenters. The van der Waals surface area contributed by atoms with Crippen molar-refractivity contribution in [1.29, 1.82) is 0 Å². The second-order valence-corrected chi connectivity index (χ2v) is 3.57. The highest BCUT2D eigenvalue weighted by Gasteiger charge is 2.20. The Morgan fingerprint density at radius 2 is 2.20 bits per heavy atom. The van der Waals surface area contributed by atoms with Crippen LogP contribution in [0.3, 0.4) is 0 Å². The largest absolute Gasteiger partial charge is 0.310 e. The molecule has 1 saturated carbocycles. The van der Waals surface area contributed by atoms with Crippen molar-refractivity contribution in [3.63, 3.8) is 0 Å². The highest BCUT2D eigenvalue weighted by atomic mass is 35.5. The molecule has 1 aliphatic carbocycles. The summed E-state index contributed by atoms with van der Waals surface area (Å²) in [6.07, 6.45) is 4.42. The molecule has 0 amide bonds. The lowest BCUT2D eigenvalue weighted by molar-refractivity contribution is 0.559. The Hall–Kier alpha value is -0.320. The minimum atomic E-state index is 0. The average molecular weight is 253 g/mol. The molecular weight excluding hydrogens is 235 g/mol. The molecule has 1 aromatic heterocycles. The van der Waals surface area contributed by atoms with Crippen LogP contribution in [-0.2, 0) is 13.1 Å². The first-order valence-electron chi connectivity index (χ1n) is 4.97. The molecule has 0 aliphatic heterocycles. The summed E-state index contributed by atoms with van der Waals surface area (Å²) >= 11 is 0. The van der Waals surface area contributed by atoms with Crippen molar-refractivity contribution in [3.05, 3.63) is 12.2 Å². The van der Waals surface area contributed by atoms with Gasteiger partial charge < -0.3 is 5.32 Å². The first kappa shape index (κ1) is 14.7. The molecule has 4 nitrogen and oxygen atoms in total. The van der Waals surface area contributed by atoms with Gasteiger partial charge in [0.1, 0.15) is 12.2 Å². The molecule has 2 rings (SSSR count). The Morgan fingerprint density at radius 1 is 1.47 bits per heavy atom. The number of aromatic nitrogens is 3. The summed E-state index contributed by atoms with van der Waals surface area (Å²) in [5, 5.41) is 7.51. The molecule has 1 N–H and O–H groups in total. The Bertz CT molecular complexity index is 273. The zero-order valence-corrected chi connectivity index (χ0v) is 10.5. The Morgan fingerprint density at radius 3 is 2.80 bits per heavy atom. The molecule has 6 heteroatoms. The number of hydrogen-bond donors (Lipinski definition) is 1. The highest BCUT2D eigenvalue weighted by molar-refractivity contribution is 5.85. The van der Waals surface area contributed by atoms with Crippen molar-refractivity contribution >= 4 is 24.8 Å². The lowest BCUT2D eigenvalue weighted by Crippen LogP contribution is -2.19.